The second-order valence-electron chi connectivity index (χ2n) is 5.98. The molecule has 0 saturated heterocycles. The van der Waals surface area contributed by atoms with Gasteiger partial charge in [-0.25, -0.2) is 4.79 Å². The van der Waals surface area contributed by atoms with Gasteiger partial charge in [-0.1, -0.05) is 24.3 Å². The van der Waals surface area contributed by atoms with Gasteiger partial charge in [-0.15, -0.1) is 0 Å². The van der Waals surface area contributed by atoms with E-state index in [0.717, 1.165) is 11.1 Å². The lowest BCUT2D eigenvalue weighted by Gasteiger charge is -2.08. The zero-order chi connectivity index (χ0) is 20.7. The molecule has 0 spiro atoms. The Bertz CT molecular complexity index is 940. The maximum atomic E-state index is 12.1. The van der Waals surface area contributed by atoms with Crippen molar-refractivity contribution in [1.29, 1.82) is 10.7 Å². The van der Waals surface area contributed by atoms with Crippen molar-refractivity contribution in [3.63, 3.8) is 0 Å². The van der Waals surface area contributed by atoms with E-state index in [2.05, 4.69) is 0 Å². The average Bonchev–Trinajstić information content (AvgIpc) is 2.66. The van der Waals surface area contributed by atoms with Crippen molar-refractivity contribution in [3.05, 3.63) is 54.1 Å². The second-order valence-corrected chi connectivity index (χ2v) is 5.98. The summed E-state index contributed by atoms with van der Waals surface area (Å²) in [6.07, 6.45) is 0. The van der Waals surface area contributed by atoms with Gasteiger partial charge in [0.15, 0.2) is 12.4 Å². The maximum Gasteiger partial charge on any atom is 0.338 e. The van der Waals surface area contributed by atoms with Crippen LogP contribution in [0.1, 0.15) is 24.2 Å². The predicted molar refractivity (Wildman–Crippen MR) is 101 cm³/mol. The summed E-state index contributed by atoms with van der Waals surface area (Å²) in [7, 11) is 0. The molecule has 0 amide bonds. The third kappa shape index (κ3) is 5.35. The van der Waals surface area contributed by atoms with E-state index < -0.39 is 30.2 Å². The normalized spacial score (nSPS) is 11.0. The van der Waals surface area contributed by atoms with Gasteiger partial charge in [0, 0.05) is 12.6 Å². The number of Topliss-reactive ketones (excluding diaryl/α,β-unsaturated/α-hetero) is 1. The van der Waals surface area contributed by atoms with E-state index >= 15 is 0 Å². The van der Waals surface area contributed by atoms with Gasteiger partial charge in [0.1, 0.15) is 11.7 Å². The molecule has 7 nitrogen and oxygen atoms in total. The highest BCUT2D eigenvalue weighted by Gasteiger charge is 2.21. The molecule has 142 valence electrons. The Morgan fingerprint density at radius 3 is 2.00 bits per heavy atom. The highest BCUT2D eigenvalue weighted by Crippen LogP contribution is 2.23. The van der Waals surface area contributed by atoms with E-state index in [0.29, 0.717) is 5.75 Å². The molecule has 7 heteroatoms. The van der Waals surface area contributed by atoms with Crippen molar-refractivity contribution in [2.45, 2.75) is 13.8 Å². The molecule has 0 aliphatic heterocycles. The zero-order valence-corrected chi connectivity index (χ0v) is 15.4. The average molecular weight is 378 g/mol. The van der Waals surface area contributed by atoms with E-state index in [1.165, 1.54) is 13.8 Å². The molecule has 0 aliphatic carbocycles. The standard InChI is InChI=1S/C21H18N2O5/c1-13(23)19(11-22)20(25)12-27-21(26)17-5-3-15(4-6-17)16-7-9-18(10-8-16)28-14(2)24/h3-10,19,23H,12H2,1-2H3. The minimum absolute atomic E-state index is 0.0902. The Morgan fingerprint density at radius 1 is 1.00 bits per heavy atom. The van der Waals surface area contributed by atoms with Crippen LogP contribution >= 0.6 is 0 Å². The van der Waals surface area contributed by atoms with Gasteiger partial charge in [-0.3, -0.25) is 9.59 Å². The van der Waals surface area contributed by atoms with Crippen molar-refractivity contribution >= 4 is 23.4 Å². The number of ether oxygens (including phenoxy) is 2. The summed E-state index contributed by atoms with van der Waals surface area (Å²) in [5.74, 6) is -2.48. The third-order valence-electron chi connectivity index (χ3n) is 3.80. The van der Waals surface area contributed by atoms with Crippen molar-refractivity contribution < 1.29 is 23.9 Å². The highest BCUT2D eigenvalue weighted by atomic mass is 16.5. The molecule has 28 heavy (non-hydrogen) atoms. The highest BCUT2D eigenvalue weighted by molar-refractivity contribution is 6.06. The molecule has 0 fully saturated rings. The first kappa shape index (κ1) is 20.5. The second kappa shape index (κ2) is 9.24. The van der Waals surface area contributed by atoms with Gasteiger partial charge in [-0.05, 0) is 42.3 Å². The molecule has 0 aliphatic rings. The molecule has 2 rings (SSSR count). The van der Waals surface area contributed by atoms with E-state index in [1.54, 1.807) is 54.6 Å². The molecule has 0 saturated carbocycles. The molecular formula is C21H18N2O5. The van der Waals surface area contributed by atoms with Gasteiger partial charge >= 0.3 is 11.9 Å². The van der Waals surface area contributed by atoms with Crippen LogP contribution in [0.5, 0.6) is 5.75 Å². The molecule has 0 aromatic heterocycles. The van der Waals surface area contributed by atoms with Crippen molar-refractivity contribution in [3.8, 4) is 22.9 Å². The Balaban J connectivity index is 2.01. The number of nitrogens with one attached hydrogen (secondary N) is 1. The van der Waals surface area contributed by atoms with Crippen LogP contribution in [0.4, 0.5) is 0 Å². The number of benzene rings is 2. The van der Waals surface area contributed by atoms with E-state index in [1.807, 2.05) is 0 Å². The van der Waals surface area contributed by atoms with Crippen LogP contribution in [0.2, 0.25) is 0 Å². The fraction of sp³-hybridized carbons (Fsp3) is 0.190. The summed E-state index contributed by atoms with van der Waals surface area (Å²) >= 11 is 0. The molecule has 0 bridgehead atoms. The number of ketones is 1. The van der Waals surface area contributed by atoms with Crippen molar-refractivity contribution in [2.24, 2.45) is 5.92 Å². The van der Waals surface area contributed by atoms with E-state index in [4.69, 9.17) is 20.1 Å². The van der Waals surface area contributed by atoms with Crippen LogP contribution in [0.25, 0.3) is 11.1 Å². The van der Waals surface area contributed by atoms with Crippen LogP contribution in [0.15, 0.2) is 48.5 Å². The first-order valence-electron chi connectivity index (χ1n) is 8.35. The van der Waals surface area contributed by atoms with Crippen LogP contribution in [0, 0.1) is 22.7 Å². The van der Waals surface area contributed by atoms with Crippen molar-refractivity contribution in [2.75, 3.05) is 6.61 Å². The van der Waals surface area contributed by atoms with Gasteiger partial charge in [0.05, 0.1) is 11.6 Å². The number of nitriles is 1. The smallest absolute Gasteiger partial charge is 0.338 e. The van der Waals surface area contributed by atoms with Crippen molar-refractivity contribution in [1.82, 2.24) is 0 Å². The van der Waals surface area contributed by atoms with Crippen LogP contribution in [0.3, 0.4) is 0 Å². The monoisotopic (exact) mass is 378 g/mol. The largest absolute Gasteiger partial charge is 0.454 e. The summed E-state index contributed by atoms with van der Waals surface area (Å²) in [5.41, 5.74) is 1.87. The number of hydrogen-bond acceptors (Lipinski definition) is 7. The maximum absolute atomic E-state index is 12.1. The quantitative estimate of drug-likeness (QED) is 0.449. The first-order chi connectivity index (χ1) is 13.3. The summed E-state index contributed by atoms with van der Waals surface area (Å²) in [6.45, 7) is 2.11. The Kier molecular flexibility index (Phi) is 6.77. The molecule has 1 N–H and O–H groups in total. The molecule has 0 heterocycles. The lowest BCUT2D eigenvalue weighted by molar-refractivity contribution is -0.131. The van der Waals surface area contributed by atoms with E-state index in [9.17, 15) is 14.4 Å². The van der Waals surface area contributed by atoms with Gasteiger partial charge in [0.25, 0.3) is 0 Å². The predicted octanol–water partition coefficient (Wildman–Crippen LogP) is 3.18. The molecule has 2 aromatic carbocycles. The molecule has 2 aromatic rings. The van der Waals surface area contributed by atoms with Crippen LogP contribution < -0.4 is 4.74 Å². The lowest BCUT2D eigenvalue weighted by atomic mass is 10.0. The summed E-state index contributed by atoms with van der Waals surface area (Å²) in [6, 6.07) is 15.2. The summed E-state index contributed by atoms with van der Waals surface area (Å²) < 4.78 is 9.92. The minimum Gasteiger partial charge on any atom is -0.454 e. The fourth-order valence-corrected chi connectivity index (χ4v) is 2.39. The zero-order valence-electron chi connectivity index (χ0n) is 15.4. The topological polar surface area (TPSA) is 117 Å². The molecular weight excluding hydrogens is 360 g/mol. The van der Waals surface area contributed by atoms with Gasteiger partial charge in [0.2, 0.25) is 0 Å². The Labute approximate surface area is 162 Å². The Hall–Kier alpha value is -3.79. The minimum atomic E-state index is -1.20. The number of nitrogens with zero attached hydrogens (tertiary/aromatic N) is 1. The third-order valence-corrected chi connectivity index (χ3v) is 3.80. The van der Waals surface area contributed by atoms with E-state index in [-0.39, 0.29) is 11.3 Å². The molecule has 1 unspecified atom stereocenters. The molecule has 0 radical (unpaired) electrons. The molecule has 1 atom stereocenters. The Morgan fingerprint density at radius 2 is 1.54 bits per heavy atom. The number of esters is 2. The van der Waals surface area contributed by atoms with Gasteiger partial charge < -0.3 is 14.9 Å². The number of carbonyl (C=O) groups excluding carboxylic acids is 3. The number of carbonyl (C=O) groups is 3. The lowest BCUT2D eigenvalue weighted by Crippen LogP contribution is -2.25. The first-order valence-corrected chi connectivity index (χ1v) is 8.35. The number of rotatable bonds is 7. The van der Waals surface area contributed by atoms with Crippen LogP contribution in [-0.2, 0) is 14.3 Å². The SMILES string of the molecule is CC(=N)C(C#N)C(=O)COC(=O)c1ccc(-c2ccc(OC(C)=O)cc2)cc1. The summed E-state index contributed by atoms with van der Waals surface area (Å²) in [5, 5.41) is 16.2. The fourth-order valence-electron chi connectivity index (χ4n) is 2.39. The van der Waals surface area contributed by atoms with Crippen LogP contribution in [-0.4, -0.2) is 30.0 Å². The van der Waals surface area contributed by atoms with Gasteiger partial charge in [-0.2, -0.15) is 5.26 Å². The summed E-state index contributed by atoms with van der Waals surface area (Å²) in [4.78, 5) is 34.8. The number of hydrogen-bond donors (Lipinski definition) is 1.